The lowest BCUT2D eigenvalue weighted by Gasteiger charge is -1.95. The second kappa shape index (κ2) is 4.89. The SMILES string of the molecule is Cn1ccc(Cn2cc(CCCN)nn2)n1. The molecule has 6 heteroatoms. The van der Waals surface area contributed by atoms with Gasteiger partial charge in [-0.2, -0.15) is 5.10 Å². The summed E-state index contributed by atoms with van der Waals surface area (Å²) in [5.74, 6) is 0. The summed E-state index contributed by atoms with van der Waals surface area (Å²) in [6.07, 6.45) is 5.70. The Labute approximate surface area is 94.1 Å². The highest BCUT2D eigenvalue weighted by atomic mass is 15.4. The van der Waals surface area contributed by atoms with E-state index in [0.717, 1.165) is 24.2 Å². The van der Waals surface area contributed by atoms with Crippen LogP contribution in [0.15, 0.2) is 18.5 Å². The number of nitrogens with two attached hydrogens (primary N) is 1. The predicted octanol–water partition coefficient (Wildman–Crippen LogP) is -0.0488. The molecule has 0 radical (unpaired) electrons. The molecule has 0 saturated heterocycles. The van der Waals surface area contributed by atoms with Crippen molar-refractivity contribution in [3.8, 4) is 0 Å². The van der Waals surface area contributed by atoms with E-state index in [4.69, 9.17) is 5.73 Å². The lowest BCUT2D eigenvalue weighted by atomic mass is 10.2. The Morgan fingerprint density at radius 3 is 2.94 bits per heavy atom. The minimum atomic E-state index is 0.663. The highest BCUT2D eigenvalue weighted by molar-refractivity contribution is 5.00. The summed E-state index contributed by atoms with van der Waals surface area (Å²) in [6.45, 7) is 1.35. The van der Waals surface area contributed by atoms with Crippen LogP contribution in [0.3, 0.4) is 0 Å². The first-order chi connectivity index (χ1) is 7.78. The van der Waals surface area contributed by atoms with Crippen LogP contribution in [0, 0.1) is 0 Å². The number of hydrogen-bond acceptors (Lipinski definition) is 4. The van der Waals surface area contributed by atoms with Crippen molar-refractivity contribution in [3.05, 3.63) is 29.8 Å². The van der Waals surface area contributed by atoms with Crippen molar-refractivity contribution >= 4 is 0 Å². The second-order valence-corrected chi connectivity index (χ2v) is 3.78. The van der Waals surface area contributed by atoms with Gasteiger partial charge in [0.2, 0.25) is 0 Å². The van der Waals surface area contributed by atoms with Gasteiger partial charge in [-0.3, -0.25) is 4.68 Å². The average Bonchev–Trinajstić information content (AvgIpc) is 2.86. The van der Waals surface area contributed by atoms with Crippen molar-refractivity contribution in [2.45, 2.75) is 19.4 Å². The Hall–Kier alpha value is -1.69. The summed E-state index contributed by atoms with van der Waals surface area (Å²) in [5.41, 5.74) is 7.41. The minimum absolute atomic E-state index is 0.663. The molecule has 2 aromatic rings. The van der Waals surface area contributed by atoms with E-state index in [2.05, 4.69) is 15.4 Å². The molecule has 86 valence electrons. The Kier molecular flexibility index (Phi) is 3.31. The summed E-state index contributed by atoms with van der Waals surface area (Å²) in [4.78, 5) is 0. The minimum Gasteiger partial charge on any atom is -0.330 e. The fourth-order valence-corrected chi connectivity index (χ4v) is 1.53. The molecule has 0 aliphatic heterocycles. The van der Waals surface area contributed by atoms with Gasteiger partial charge in [0.1, 0.15) is 0 Å². The number of aryl methyl sites for hydroxylation is 2. The van der Waals surface area contributed by atoms with Crippen LogP contribution in [0.4, 0.5) is 0 Å². The standard InChI is InChI=1S/C10H16N6/c1-15-6-4-10(13-15)8-16-7-9(12-14-16)3-2-5-11/h4,6-7H,2-3,5,8,11H2,1H3. The molecule has 0 unspecified atom stereocenters. The van der Waals surface area contributed by atoms with Gasteiger partial charge in [0.25, 0.3) is 0 Å². The molecule has 2 heterocycles. The zero-order valence-corrected chi connectivity index (χ0v) is 9.37. The van der Waals surface area contributed by atoms with Crippen molar-refractivity contribution in [2.75, 3.05) is 6.54 Å². The maximum atomic E-state index is 5.44. The first-order valence-electron chi connectivity index (χ1n) is 5.35. The van der Waals surface area contributed by atoms with Crippen molar-refractivity contribution in [1.29, 1.82) is 0 Å². The summed E-state index contributed by atoms with van der Waals surface area (Å²) >= 11 is 0. The number of hydrogen-bond donors (Lipinski definition) is 1. The van der Waals surface area contributed by atoms with Gasteiger partial charge in [-0.25, -0.2) is 4.68 Å². The quantitative estimate of drug-likeness (QED) is 0.766. The van der Waals surface area contributed by atoms with E-state index in [-0.39, 0.29) is 0 Å². The normalized spacial score (nSPS) is 10.9. The molecule has 0 spiro atoms. The molecular formula is C10H16N6. The van der Waals surface area contributed by atoms with Crippen LogP contribution in [-0.4, -0.2) is 31.3 Å². The van der Waals surface area contributed by atoms with E-state index in [1.807, 2.05) is 25.5 Å². The molecule has 2 N–H and O–H groups in total. The smallest absolute Gasteiger partial charge is 0.0867 e. The van der Waals surface area contributed by atoms with Crippen LogP contribution in [-0.2, 0) is 20.0 Å². The zero-order chi connectivity index (χ0) is 11.4. The highest BCUT2D eigenvalue weighted by Crippen LogP contribution is 2.01. The maximum absolute atomic E-state index is 5.44. The third-order valence-electron chi connectivity index (χ3n) is 2.32. The maximum Gasteiger partial charge on any atom is 0.0867 e. The van der Waals surface area contributed by atoms with E-state index >= 15 is 0 Å². The fourth-order valence-electron chi connectivity index (χ4n) is 1.53. The number of rotatable bonds is 5. The molecule has 2 rings (SSSR count). The summed E-state index contributed by atoms with van der Waals surface area (Å²) in [7, 11) is 1.90. The van der Waals surface area contributed by atoms with Crippen molar-refractivity contribution in [1.82, 2.24) is 24.8 Å². The third-order valence-corrected chi connectivity index (χ3v) is 2.32. The lowest BCUT2D eigenvalue weighted by molar-refractivity contribution is 0.624. The monoisotopic (exact) mass is 220 g/mol. The van der Waals surface area contributed by atoms with Gasteiger partial charge in [-0.15, -0.1) is 5.10 Å². The second-order valence-electron chi connectivity index (χ2n) is 3.78. The third kappa shape index (κ3) is 2.66. The summed E-state index contributed by atoms with van der Waals surface area (Å²) < 4.78 is 3.58. The Morgan fingerprint density at radius 1 is 1.38 bits per heavy atom. The van der Waals surface area contributed by atoms with Crippen molar-refractivity contribution < 1.29 is 0 Å². The number of aromatic nitrogens is 5. The molecule has 0 amide bonds. The molecule has 2 aromatic heterocycles. The van der Waals surface area contributed by atoms with Crippen molar-refractivity contribution in [2.24, 2.45) is 12.8 Å². The summed E-state index contributed by atoms with van der Waals surface area (Å²) in [6, 6.07) is 1.97. The topological polar surface area (TPSA) is 74.5 Å². The van der Waals surface area contributed by atoms with Gasteiger partial charge in [0.05, 0.1) is 17.9 Å². The van der Waals surface area contributed by atoms with E-state index in [1.165, 1.54) is 0 Å². The summed E-state index contributed by atoms with van der Waals surface area (Å²) in [5, 5.41) is 12.4. The van der Waals surface area contributed by atoms with E-state index in [1.54, 1.807) is 9.36 Å². The van der Waals surface area contributed by atoms with Crippen LogP contribution in [0.1, 0.15) is 17.8 Å². The van der Waals surface area contributed by atoms with Crippen LogP contribution in [0.25, 0.3) is 0 Å². The Bertz CT molecular complexity index is 444. The van der Waals surface area contributed by atoms with E-state index in [0.29, 0.717) is 13.1 Å². The van der Waals surface area contributed by atoms with Crippen LogP contribution in [0.5, 0.6) is 0 Å². The predicted molar refractivity (Wildman–Crippen MR) is 59.7 cm³/mol. The first kappa shape index (κ1) is 10.8. The largest absolute Gasteiger partial charge is 0.330 e. The van der Waals surface area contributed by atoms with Crippen LogP contribution in [0.2, 0.25) is 0 Å². The zero-order valence-electron chi connectivity index (χ0n) is 9.37. The average molecular weight is 220 g/mol. The van der Waals surface area contributed by atoms with Gasteiger partial charge < -0.3 is 5.73 Å². The van der Waals surface area contributed by atoms with Crippen molar-refractivity contribution in [3.63, 3.8) is 0 Å². The molecule has 0 aliphatic carbocycles. The van der Waals surface area contributed by atoms with Gasteiger partial charge in [-0.05, 0) is 25.5 Å². The molecule has 0 aliphatic rings. The lowest BCUT2D eigenvalue weighted by Crippen LogP contribution is -2.02. The highest BCUT2D eigenvalue weighted by Gasteiger charge is 2.02. The molecule has 0 saturated carbocycles. The molecule has 6 nitrogen and oxygen atoms in total. The number of nitrogens with zero attached hydrogens (tertiary/aromatic N) is 5. The van der Waals surface area contributed by atoms with Gasteiger partial charge in [0.15, 0.2) is 0 Å². The molecule has 0 atom stereocenters. The fraction of sp³-hybridized carbons (Fsp3) is 0.500. The van der Waals surface area contributed by atoms with Crippen LogP contribution < -0.4 is 5.73 Å². The van der Waals surface area contributed by atoms with Gasteiger partial charge in [0, 0.05) is 19.4 Å². The Morgan fingerprint density at radius 2 is 2.25 bits per heavy atom. The molecule has 16 heavy (non-hydrogen) atoms. The first-order valence-corrected chi connectivity index (χ1v) is 5.35. The molecular weight excluding hydrogens is 204 g/mol. The van der Waals surface area contributed by atoms with E-state index < -0.39 is 0 Å². The van der Waals surface area contributed by atoms with Crippen LogP contribution >= 0.6 is 0 Å². The Balaban J connectivity index is 1.97. The molecule has 0 bridgehead atoms. The van der Waals surface area contributed by atoms with E-state index in [9.17, 15) is 0 Å². The van der Waals surface area contributed by atoms with Gasteiger partial charge >= 0.3 is 0 Å². The molecule has 0 aromatic carbocycles. The molecule has 0 fully saturated rings. The van der Waals surface area contributed by atoms with Gasteiger partial charge in [-0.1, -0.05) is 5.21 Å².